The predicted octanol–water partition coefficient (Wildman–Crippen LogP) is 2.23. The Morgan fingerprint density at radius 1 is 1.20 bits per heavy atom. The SMILES string of the molecule is NCCc1ccc(-c2nn3c(C4CC4)nnc3s2)cc1. The van der Waals surface area contributed by atoms with Gasteiger partial charge in [0.25, 0.3) is 0 Å². The van der Waals surface area contributed by atoms with Gasteiger partial charge in [0.2, 0.25) is 4.96 Å². The minimum absolute atomic E-state index is 0.562. The van der Waals surface area contributed by atoms with Crippen LogP contribution in [-0.4, -0.2) is 26.4 Å². The van der Waals surface area contributed by atoms with E-state index in [1.54, 1.807) is 11.3 Å². The molecule has 6 heteroatoms. The molecular formula is C14H15N5S. The van der Waals surface area contributed by atoms with E-state index in [0.29, 0.717) is 12.5 Å². The van der Waals surface area contributed by atoms with Crippen molar-refractivity contribution in [2.75, 3.05) is 6.54 Å². The number of nitrogens with zero attached hydrogens (tertiary/aromatic N) is 4. The second-order valence-electron chi connectivity index (χ2n) is 5.17. The molecule has 0 amide bonds. The zero-order valence-electron chi connectivity index (χ0n) is 11.0. The first-order valence-electron chi connectivity index (χ1n) is 6.86. The summed E-state index contributed by atoms with van der Waals surface area (Å²) >= 11 is 1.59. The molecule has 2 aromatic heterocycles. The molecule has 1 fully saturated rings. The molecule has 0 aliphatic heterocycles. The highest BCUT2D eigenvalue weighted by Crippen LogP contribution is 2.39. The van der Waals surface area contributed by atoms with E-state index in [0.717, 1.165) is 27.8 Å². The molecule has 102 valence electrons. The molecule has 0 bridgehead atoms. The normalized spacial score (nSPS) is 15.1. The molecule has 20 heavy (non-hydrogen) atoms. The van der Waals surface area contributed by atoms with E-state index in [2.05, 4.69) is 39.6 Å². The minimum Gasteiger partial charge on any atom is -0.330 e. The summed E-state index contributed by atoms with van der Waals surface area (Å²) in [4.78, 5) is 0.882. The van der Waals surface area contributed by atoms with Gasteiger partial charge in [-0.25, -0.2) is 0 Å². The average molecular weight is 285 g/mol. The van der Waals surface area contributed by atoms with Gasteiger partial charge in [-0.05, 0) is 31.4 Å². The van der Waals surface area contributed by atoms with E-state index in [4.69, 9.17) is 5.73 Å². The van der Waals surface area contributed by atoms with Crippen molar-refractivity contribution in [1.82, 2.24) is 19.8 Å². The second-order valence-corrected chi connectivity index (χ2v) is 6.13. The summed E-state index contributed by atoms with van der Waals surface area (Å²) in [7, 11) is 0. The van der Waals surface area contributed by atoms with Crippen LogP contribution < -0.4 is 5.73 Å². The van der Waals surface area contributed by atoms with Crippen LogP contribution in [0.5, 0.6) is 0 Å². The van der Waals surface area contributed by atoms with Crippen LogP contribution in [0.1, 0.15) is 30.1 Å². The Morgan fingerprint density at radius 2 is 2.00 bits per heavy atom. The molecule has 0 spiro atoms. The van der Waals surface area contributed by atoms with Crippen LogP contribution in [0.2, 0.25) is 0 Å². The molecule has 2 N–H and O–H groups in total. The van der Waals surface area contributed by atoms with Gasteiger partial charge in [0, 0.05) is 11.5 Å². The van der Waals surface area contributed by atoms with Crippen LogP contribution in [0.15, 0.2) is 24.3 Å². The van der Waals surface area contributed by atoms with Gasteiger partial charge in [0.1, 0.15) is 5.01 Å². The molecule has 0 radical (unpaired) electrons. The number of aromatic nitrogens is 4. The van der Waals surface area contributed by atoms with E-state index in [1.807, 2.05) is 4.52 Å². The monoisotopic (exact) mass is 285 g/mol. The minimum atomic E-state index is 0.562. The summed E-state index contributed by atoms with van der Waals surface area (Å²) in [6, 6.07) is 8.44. The first kappa shape index (κ1) is 12.0. The van der Waals surface area contributed by atoms with Crippen LogP contribution in [-0.2, 0) is 6.42 Å². The second kappa shape index (κ2) is 4.64. The maximum absolute atomic E-state index is 5.57. The molecule has 4 rings (SSSR count). The maximum Gasteiger partial charge on any atom is 0.234 e. The number of hydrogen-bond acceptors (Lipinski definition) is 5. The van der Waals surface area contributed by atoms with E-state index in [-0.39, 0.29) is 0 Å². The topological polar surface area (TPSA) is 69.1 Å². The van der Waals surface area contributed by atoms with Crippen LogP contribution >= 0.6 is 11.3 Å². The third-order valence-electron chi connectivity index (χ3n) is 3.59. The molecule has 1 aliphatic rings. The Hall–Kier alpha value is -1.79. The summed E-state index contributed by atoms with van der Waals surface area (Å²) < 4.78 is 1.91. The third kappa shape index (κ3) is 2.01. The fourth-order valence-electron chi connectivity index (χ4n) is 2.33. The van der Waals surface area contributed by atoms with Gasteiger partial charge >= 0.3 is 0 Å². The fourth-order valence-corrected chi connectivity index (χ4v) is 3.18. The van der Waals surface area contributed by atoms with Gasteiger partial charge in [-0.1, -0.05) is 35.6 Å². The highest BCUT2D eigenvalue weighted by atomic mass is 32.1. The Morgan fingerprint density at radius 3 is 2.70 bits per heavy atom. The third-order valence-corrected chi connectivity index (χ3v) is 4.54. The summed E-state index contributed by atoms with van der Waals surface area (Å²) in [5.74, 6) is 1.58. The Kier molecular flexibility index (Phi) is 2.78. The summed E-state index contributed by atoms with van der Waals surface area (Å²) in [5, 5.41) is 14.1. The van der Waals surface area contributed by atoms with Gasteiger partial charge in [-0.3, -0.25) is 0 Å². The van der Waals surface area contributed by atoms with Crippen molar-refractivity contribution in [3.63, 3.8) is 0 Å². The molecule has 5 nitrogen and oxygen atoms in total. The molecule has 2 heterocycles. The largest absolute Gasteiger partial charge is 0.330 e. The lowest BCUT2D eigenvalue weighted by Gasteiger charge is -1.99. The number of benzene rings is 1. The van der Waals surface area contributed by atoms with Crippen LogP contribution in [0.25, 0.3) is 15.5 Å². The predicted molar refractivity (Wildman–Crippen MR) is 78.8 cm³/mol. The lowest BCUT2D eigenvalue weighted by Crippen LogP contribution is -2.02. The quantitative estimate of drug-likeness (QED) is 0.798. The Labute approximate surface area is 120 Å². The highest BCUT2D eigenvalue weighted by Gasteiger charge is 2.30. The Balaban J connectivity index is 1.70. The highest BCUT2D eigenvalue weighted by molar-refractivity contribution is 7.19. The van der Waals surface area contributed by atoms with Gasteiger partial charge < -0.3 is 5.73 Å². The first-order chi connectivity index (χ1) is 9.85. The van der Waals surface area contributed by atoms with Crippen LogP contribution in [0, 0.1) is 0 Å². The van der Waals surface area contributed by atoms with E-state index in [1.165, 1.54) is 18.4 Å². The summed E-state index contributed by atoms with van der Waals surface area (Å²) in [6.07, 6.45) is 3.33. The average Bonchev–Trinajstić information content (AvgIpc) is 3.09. The first-order valence-corrected chi connectivity index (χ1v) is 7.68. The number of rotatable bonds is 4. The van der Waals surface area contributed by atoms with Gasteiger partial charge in [0.15, 0.2) is 5.82 Å². The number of fused-ring (bicyclic) bond motifs is 1. The molecule has 0 atom stereocenters. The summed E-state index contributed by atoms with van der Waals surface area (Å²) in [6.45, 7) is 0.681. The number of nitrogens with two attached hydrogens (primary N) is 1. The lowest BCUT2D eigenvalue weighted by atomic mass is 10.1. The molecule has 3 aromatic rings. The van der Waals surface area contributed by atoms with Crippen LogP contribution in [0.4, 0.5) is 0 Å². The fraction of sp³-hybridized carbons (Fsp3) is 0.357. The van der Waals surface area contributed by atoms with Crippen molar-refractivity contribution >= 4 is 16.3 Å². The zero-order valence-corrected chi connectivity index (χ0v) is 11.8. The van der Waals surface area contributed by atoms with Gasteiger partial charge in [0.05, 0.1) is 0 Å². The van der Waals surface area contributed by atoms with E-state index >= 15 is 0 Å². The van der Waals surface area contributed by atoms with E-state index in [9.17, 15) is 0 Å². The van der Waals surface area contributed by atoms with Crippen molar-refractivity contribution in [1.29, 1.82) is 0 Å². The molecule has 1 aliphatic carbocycles. The molecule has 0 unspecified atom stereocenters. The van der Waals surface area contributed by atoms with Crippen molar-refractivity contribution < 1.29 is 0 Å². The summed E-state index contributed by atoms with van der Waals surface area (Å²) in [5.41, 5.74) is 7.96. The zero-order chi connectivity index (χ0) is 13.5. The van der Waals surface area contributed by atoms with Gasteiger partial charge in [-0.2, -0.15) is 9.61 Å². The molecular weight excluding hydrogens is 270 g/mol. The maximum atomic E-state index is 5.57. The lowest BCUT2D eigenvalue weighted by molar-refractivity contribution is 0.828. The molecule has 1 aromatic carbocycles. The molecule has 1 saturated carbocycles. The van der Waals surface area contributed by atoms with Gasteiger partial charge in [-0.15, -0.1) is 10.2 Å². The standard InChI is InChI=1S/C14H15N5S/c15-8-7-9-1-3-11(4-2-9)13-18-19-12(10-5-6-10)16-17-14(19)20-13/h1-4,10H,5-8,15H2. The van der Waals surface area contributed by atoms with Crippen LogP contribution in [0.3, 0.4) is 0 Å². The van der Waals surface area contributed by atoms with E-state index < -0.39 is 0 Å². The molecule has 0 saturated heterocycles. The number of hydrogen-bond donors (Lipinski definition) is 1. The Bertz CT molecular complexity index is 739. The van der Waals surface area contributed by atoms with Crippen molar-refractivity contribution in [2.24, 2.45) is 5.73 Å². The van der Waals surface area contributed by atoms with Crippen molar-refractivity contribution in [2.45, 2.75) is 25.2 Å². The van der Waals surface area contributed by atoms with Crippen molar-refractivity contribution in [3.8, 4) is 10.6 Å². The van der Waals surface area contributed by atoms with Crippen molar-refractivity contribution in [3.05, 3.63) is 35.7 Å². The smallest absolute Gasteiger partial charge is 0.234 e.